The lowest BCUT2D eigenvalue weighted by Gasteiger charge is -2.08. The van der Waals surface area contributed by atoms with Crippen LogP contribution in [-0.2, 0) is 11.2 Å². The topological polar surface area (TPSA) is 51.5 Å². The smallest absolute Gasteiger partial charge is 0.321 e. The minimum absolute atomic E-state index is 0.323. The maximum Gasteiger partial charge on any atom is 0.321 e. The summed E-state index contributed by atoms with van der Waals surface area (Å²) < 4.78 is 1.27. The van der Waals surface area contributed by atoms with E-state index in [4.69, 9.17) is 4.84 Å². The molecule has 1 heterocycles. The van der Waals surface area contributed by atoms with E-state index in [9.17, 15) is 9.59 Å². The molecule has 17 heavy (non-hydrogen) atoms. The summed E-state index contributed by atoms with van der Waals surface area (Å²) in [5.74, 6) is 0. The Morgan fingerprint density at radius 3 is 2.65 bits per heavy atom. The molecule has 1 aromatic heterocycles. The highest BCUT2D eigenvalue weighted by Gasteiger charge is 2.13. The lowest BCUT2D eigenvalue weighted by atomic mass is 10.1. The third kappa shape index (κ3) is 3.42. The highest BCUT2D eigenvalue weighted by atomic mass is 16.7. The first kappa shape index (κ1) is 13.4. The molecule has 0 unspecified atom stereocenters. The highest BCUT2D eigenvalue weighted by Crippen LogP contribution is 2.14. The molecule has 0 bridgehead atoms. The quantitative estimate of drug-likeness (QED) is 0.656. The van der Waals surface area contributed by atoms with Crippen molar-refractivity contribution in [3.8, 4) is 0 Å². The number of hydrogen-bond donors (Lipinski definition) is 0. The predicted molar refractivity (Wildman–Crippen MR) is 64.1 cm³/mol. The minimum Gasteiger partial charge on any atom is -0.340 e. The molecule has 0 atom stereocenters. The Morgan fingerprint density at radius 2 is 2.12 bits per heavy atom. The molecule has 0 radical (unpaired) electrons. The van der Waals surface area contributed by atoms with Crippen molar-refractivity contribution in [1.82, 2.24) is 9.63 Å². The van der Waals surface area contributed by atoms with Gasteiger partial charge in [-0.2, -0.15) is 4.73 Å². The van der Waals surface area contributed by atoms with E-state index in [0.717, 1.165) is 36.9 Å². The summed E-state index contributed by atoms with van der Waals surface area (Å²) >= 11 is 0. The summed E-state index contributed by atoms with van der Waals surface area (Å²) in [4.78, 5) is 28.2. The zero-order valence-corrected chi connectivity index (χ0v) is 10.5. The lowest BCUT2D eigenvalue weighted by molar-refractivity contribution is -0.129. The summed E-state index contributed by atoms with van der Waals surface area (Å²) in [5, 5.41) is 0. The third-order valence-electron chi connectivity index (χ3n) is 2.56. The molecule has 1 aromatic rings. The zero-order valence-electron chi connectivity index (χ0n) is 10.5. The van der Waals surface area contributed by atoms with E-state index in [0.29, 0.717) is 12.2 Å². The van der Waals surface area contributed by atoms with Crippen molar-refractivity contribution in [1.29, 1.82) is 0 Å². The van der Waals surface area contributed by atoms with Crippen molar-refractivity contribution in [2.24, 2.45) is 0 Å². The van der Waals surface area contributed by atoms with Crippen molar-refractivity contribution in [3.05, 3.63) is 23.0 Å². The van der Waals surface area contributed by atoms with Gasteiger partial charge in [0.05, 0.1) is 5.69 Å². The maximum absolute atomic E-state index is 11.0. The van der Waals surface area contributed by atoms with Crippen LogP contribution < -0.4 is 4.84 Å². The number of aryl methyl sites for hydroxylation is 2. The summed E-state index contributed by atoms with van der Waals surface area (Å²) in [6.45, 7) is 3.08. The van der Waals surface area contributed by atoms with E-state index in [1.807, 2.05) is 20.2 Å². The third-order valence-corrected chi connectivity index (χ3v) is 2.56. The van der Waals surface area contributed by atoms with Gasteiger partial charge in [-0.15, -0.1) is 0 Å². The van der Waals surface area contributed by atoms with Crippen molar-refractivity contribution in [2.45, 2.75) is 19.8 Å². The Morgan fingerprint density at radius 1 is 1.41 bits per heavy atom. The lowest BCUT2D eigenvalue weighted by Crippen LogP contribution is -2.15. The summed E-state index contributed by atoms with van der Waals surface area (Å²) in [5.41, 5.74) is 2.09. The first-order valence-electron chi connectivity index (χ1n) is 5.52. The van der Waals surface area contributed by atoms with Crippen LogP contribution in [0.1, 0.15) is 28.2 Å². The fourth-order valence-electron chi connectivity index (χ4n) is 1.80. The molecule has 1 rings (SSSR count). The minimum atomic E-state index is 0.323. The van der Waals surface area contributed by atoms with E-state index < -0.39 is 0 Å². The molecule has 0 amide bonds. The Kier molecular flexibility index (Phi) is 4.90. The first-order chi connectivity index (χ1) is 8.10. The molecule has 94 valence electrons. The average molecular weight is 238 g/mol. The standard InChI is InChI=1S/C12H18N2O3/c1-10-7-11(5-4-6-13(2)3)12(8-15)14(10)17-9-16/h7-9H,4-6H2,1-3H3. The molecule has 0 saturated heterocycles. The van der Waals surface area contributed by atoms with Crippen LogP contribution in [0.3, 0.4) is 0 Å². The van der Waals surface area contributed by atoms with E-state index in [1.54, 1.807) is 6.92 Å². The molecule has 0 saturated carbocycles. The number of aldehydes is 1. The molecule has 0 aliphatic carbocycles. The van der Waals surface area contributed by atoms with Crippen molar-refractivity contribution >= 4 is 12.8 Å². The molecule has 0 spiro atoms. The van der Waals surface area contributed by atoms with Crippen LogP contribution in [-0.4, -0.2) is 43.0 Å². The molecule has 0 aromatic carbocycles. The van der Waals surface area contributed by atoms with Gasteiger partial charge in [-0.25, -0.2) is 0 Å². The Hall–Kier alpha value is -1.62. The van der Waals surface area contributed by atoms with Gasteiger partial charge in [0.1, 0.15) is 5.69 Å². The van der Waals surface area contributed by atoms with E-state index in [1.165, 1.54) is 4.73 Å². The molecule has 5 heteroatoms. The molecule has 0 fully saturated rings. The largest absolute Gasteiger partial charge is 0.340 e. The van der Waals surface area contributed by atoms with Crippen LogP contribution in [0.25, 0.3) is 0 Å². The van der Waals surface area contributed by atoms with Crippen LogP contribution >= 0.6 is 0 Å². The Balaban J connectivity index is 2.81. The summed E-state index contributed by atoms with van der Waals surface area (Å²) in [6, 6.07) is 1.88. The number of carbonyl (C=O) groups is 2. The second kappa shape index (κ2) is 6.20. The molecule has 0 aliphatic heterocycles. The number of nitrogens with zero attached hydrogens (tertiary/aromatic N) is 2. The molecule has 0 aliphatic rings. The second-order valence-corrected chi connectivity index (χ2v) is 4.22. The molecule has 0 N–H and O–H groups in total. The van der Waals surface area contributed by atoms with Crippen molar-refractivity contribution in [3.63, 3.8) is 0 Å². The van der Waals surface area contributed by atoms with Gasteiger partial charge in [-0.05, 0) is 52.0 Å². The number of hydrogen-bond acceptors (Lipinski definition) is 4. The van der Waals surface area contributed by atoms with Gasteiger partial charge in [-0.3, -0.25) is 9.59 Å². The monoisotopic (exact) mass is 238 g/mol. The predicted octanol–water partition coefficient (Wildman–Crippen LogP) is 0.688. The van der Waals surface area contributed by atoms with Crippen molar-refractivity contribution < 1.29 is 14.4 Å². The van der Waals surface area contributed by atoms with Crippen LogP contribution in [0.5, 0.6) is 0 Å². The normalized spacial score (nSPS) is 10.6. The molecular weight excluding hydrogens is 220 g/mol. The van der Waals surface area contributed by atoms with Gasteiger partial charge < -0.3 is 9.74 Å². The fraction of sp³-hybridized carbons (Fsp3) is 0.500. The summed E-state index contributed by atoms with van der Waals surface area (Å²) in [6.07, 6.45) is 2.47. The van der Waals surface area contributed by atoms with E-state index in [2.05, 4.69) is 4.90 Å². The van der Waals surface area contributed by atoms with Gasteiger partial charge in [0.25, 0.3) is 0 Å². The van der Waals surface area contributed by atoms with Gasteiger partial charge in [0, 0.05) is 0 Å². The summed E-state index contributed by atoms with van der Waals surface area (Å²) in [7, 11) is 4.01. The molecular formula is C12H18N2O3. The van der Waals surface area contributed by atoms with E-state index >= 15 is 0 Å². The number of rotatable bonds is 7. The van der Waals surface area contributed by atoms with Gasteiger partial charge >= 0.3 is 6.47 Å². The first-order valence-corrected chi connectivity index (χ1v) is 5.52. The van der Waals surface area contributed by atoms with Gasteiger partial charge in [-0.1, -0.05) is 0 Å². The van der Waals surface area contributed by atoms with Crippen LogP contribution in [0.4, 0.5) is 0 Å². The van der Waals surface area contributed by atoms with Crippen molar-refractivity contribution in [2.75, 3.05) is 20.6 Å². The molecule has 5 nitrogen and oxygen atoms in total. The average Bonchev–Trinajstić information content (AvgIpc) is 2.55. The van der Waals surface area contributed by atoms with Crippen LogP contribution in [0.15, 0.2) is 6.07 Å². The number of aromatic nitrogens is 1. The highest BCUT2D eigenvalue weighted by molar-refractivity contribution is 5.75. The van der Waals surface area contributed by atoms with Crippen LogP contribution in [0.2, 0.25) is 0 Å². The fourth-order valence-corrected chi connectivity index (χ4v) is 1.80. The Labute approximate surface area is 101 Å². The van der Waals surface area contributed by atoms with Gasteiger partial charge in [0.2, 0.25) is 0 Å². The van der Waals surface area contributed by atoms with Crippen LogP contribution in [0, 0.1) is 6.92 Å². The second-order valence-electron chi connectivity index (χ2n) is 4.22. The van der Waals surface area contributed by atoms with Gasteiger partial charge in [0.15, 0.2) is 6.29 Å². The van der Waals surface area contributed by atoms with E-state index in [-0.39, 0.29) is 0 Å². The number of carbonyl (C=O) groups excluding carboxylic acids is 2. The SMILES string of the molecule is Cc1cc(CCCN(C)C)c(C=O)n1OC=O. The zero-order chi connectivity index (χ0) is 12.8. The Bertz CT molecular complexity index is 397. The maximum atomic E-state index is 11.0.